The van der Waals surface area contributed by atoms with E-state index in [0.717, 1.165) is 11.1 Å². The quantitative estimate of drug-likeness (QED) is 0.366. The maximum absolute atomic E-state index is 12.5. The third-order valence-electron chi connectivity index (χ3n) is 4.67. The minimum Gasteiger partial charge on any atom is -0.489 e. The highest BCUT2D eigenvalue weighted by atomic mass is 35.5. The predicted molar refractivity (Wildman–Crippen MR) is 128 cm³/mol. The number of ether oxygens (including phenoxy) is 1. The average Bonchev–Trinajstić information content (AvgIpc) is 3.28. The molecular formula is C24H19ClN2O4S2. The van der Waals surface area contributed by atoms with Gasteiger partial charge >= 0.3 is 0 Å². The van der Waals surface area contributed by atoms with Crippen molar-refractivity contribution in [1.82, 2.24) is 9.71 Å². The zero-order chi connectivity index (χ0) is 23.3. The number of carbonyl (C=O) groups excluding carboxylic acids is 1. The molecule has 1 N–H and O–H groups in total. The zero-order valence-electron chi connectivity index (χ0n) is 17.3. The van der Waals surface area contributed by atoms with Gasteiger partial charge in [0.25, 0.3) is 15.9 Å². The van der Waals surface area contributed by atoms with Crippen LogP contribution >= 0.6 is 22.9 Å². The second-order valence-corrected chi connectivity index (χ2v) is 10.1. The molecule has 0 saturated heterocycles. The molecule has 9 heteroatoms. The Balaban J connectivity index is 1.47. The lowest BCUT2D eigenvalue weighted by Gasteiger charge is -2.11. The van der Waals surface area contributed by atoms with Crippen LogP contribution in [0.4, 0.5) is 0 Å². The molecule has 0 unspecified atom stereocenters. The van der Waals surface area contributed by atoms with Gasteiger partial charge in [0.05, 0.1) is 9.90 Å². The molecule has 0 bridgehead atoms. The molecule has 6 nitrogen and oxygen atoms in total. The van der Waals surface area contributed by atoms with Gasteiger partial charge in [0, 0.05) is 22.4 Å². The van der Waals surface area contributed by atoms with Crippen molar-refractivity contribution in [1.29, 1.82) is 0 Å². The third-order valence-corrected chi connectivity index (χ3v) is 7.10. The molecule has 1 heterocycles. The summed E-state index contributed by atoms with van der Waals surface area (Å²) in [4.78, 5) is 16.8. The number of thiazole rings is 1. The van der Waals surface area contributed by atoms with Crippen LogP contribution in [0, 0.1) is 0 Å². The lowest BCUT2D eigenvalue weighted by atomic mass is 10.1. The Hall–Kier alpha value is -3.20. The fourth-order valence-corrected chi connectivity index (χ4v) is 5.03. The van der Waals surface area contributed by atoms with Gasteiger partial charge < -0.3 is 4.74 Å². The standard InChI is InChI=1S/C24H19ClN2O4S2/c25-19-11-12-22(31-15-17-7-3-1-4-8-17)18(13-19)14-23-26-21(16-32-23)24(28)27-33(29,30)20-9-5-2-6-10-20/h1-13,16H,14-15H2,(H,27,28). The Kier molecular flexibility index (Phi) is 7.08. The molecule has 4 rings (SSSR count). The van der Waals surface area contributed by atoms with Gasteiger partial charge in [0.1, 0.15) is 18.1 Å². The number of sulfonamides is 1. The Morgan fingerprint density at radius 2 is 1.70 bits per heavy atom. The molecule has 0 aliphatic carbocycles. The molecule has 0 fully saturated rings. The topological polar surface area (TPSA) is 85.4 Å². The number of halogens is 1. The Bertz CT molecular complexity index is 1360. The monoisotopic (exact) mass is 498 g/mol. The van der Waals surface area contributed by atoms with E-state index in [2.05, 4.69) is 9.71 Å². The van der Waals surface area contributed by atoms with Crippen LogP contribution in [0.15, 0.2) is 89.1 Å². The van der Waals surface area contributed by atoms with Crippen molar-refractivity contribution in [2.24, 2.45) is 0 Å². The highest BCUT2D eigenvalue weighted by Crippen LogP contribution is 2.27. The molecule has 1 aromatic heterocycles. The lowest BCUT2D eigenvalue weighted by Crippen LogP contribution is -2.30. The summed E-state index contributed by atoms with van der Waals surface area (Å²) < 4.78 is 32.8. The van der Waals surface area contributed by atoms with Crippen LogP contribution in [0.2, 0.25) is 5.02 Å². The van der Waals surface area contributed by atoms with E-state index in [-0.39, 0.29) is 10.6 Å². The summed E-state index contributed by atoms with van der Waals surface area (Å²) >= 11 is 7.44. The summed E-state index contributed by atoms with van der Waals surface area (Å²) in [6.45, 7) is 0.401. The van der Waals surface area contributed by atoms with Gasteiger partial charge in [-0.05, 0) is 35.9 Å². The molecule has 168 valence electrons. The first kappa shape index (κ1) is 23.0. The Morgan fingerprint density at radius 3 is 2.42 bits per heavy atom. The van der Waals surface area contributed by atoms with Gasteiger partial charge in [-0.15, -0.1) is 11.3 Å². The van der Waals surface area contributed by atoms with Gasteiger partial charge in [-0.3, -0.25) is 4.79 Å². The van der Waals surface area contributed by atoms with Crippen molar-refractivity contribution in [2.75, 3.05) is 0 Å². The smallest absolute Gasteiger partial charge is 0.284 e. The molecule has 0 aliphatic rings. The van der Waals surface area contributed by atoms with E-state index in [1.54, 1.807) is 36.4 Å². The van der Waals surface area contributed by atoms with Crippen molar-refractivity contribution in [3.8, 4) is 5.75 Å². The molecule has 3 aromatic carbocycles. The maximum atomic E-state index is 12.5. The number of nitrogens with zero attached hydrogens (tertiary/aromatic N) is 1. The van der Waals surface area contributed by atoms with Crippen LogP contribution in [-0.2, 0) is 23.1 Å². The second kappa shape index (κ2) is 10.2. The molecule has 0 spiro atoms. The van der Waals surface area contributed by atoms with E-state index in [4.69, 9.17) is 16.3 Å². The summed E-state index contributed by atoms with van der Waals surface area (Å²) in [5.41, 5.74) is 1.88. The fraction of sp³-hybridized carbons (Fsp3) is 0.0833. The first-order chi connectivity index (χ1) is 15.9. The first-order valence-corrected chi connectivity index (χ1v) is 12.7. The largest absolute Gasteiger partial charge is 0.489 e. The number of hydrogen-bond acceptors (Lipinski definition) is 6. The van der Waals surface area contributed by atoms with Crippen molar-refractivity contribution in [2.45, 2.75) is 17.9 Å². The van der Waals surface area contributed by atoms with Crippen molar-refractivity contribution < 1.29 is 17.9 Å². The van der Waals surface area contributed by atoms with E-state index < -0.39 is 15.9 Å². The number of carbonyl (C=O) groups is 1. The van der Waals surface area contributed by atoms with Gasteiger partial charge in [0.2, 0.25) is 0 Å². The molecule has 0 atom stereocenters. The minimum atomic E-state index is -3.98. The van der Waals surface area contributed by atoms with Crippen LogP contribution in [0.25, 0.3) is 0 Å². The van der Waals surface area contributed by atoms with E-state index >= 15 is 0 Å². The summed E-state index contributed by atoms with van der Waals surface area (Å²) in [6.07, 6.45) is 0.383. The molecule has 0 aliphatic heterocycles. The maximum Gasteiger partial charge on any atom is 0.284 e. The number of hydrogen-bond donors (Lipinski definition) is 1. The van der Waals surface area contributed by atoms with E-state index in [9.17, 15) is 13.2 Å². The Morgan fingerprint density at radius 1 is 1.00 bits per heavy atom. The predicted octanol–water partition coefficient (Wildman–Crippen LogP) is 5.09. The third kappa shape index (κ3) is 5.98. The molecular weight excluding hydrogens is 480 g/mol. The molecule has 1 amide bonds. The van der Waals surface area contributed by atoms with Crippen LogP contribution in [0.3, 0.4) is 0 Å². The molecule has 0 saturated carbocycles. The number of nitrogens with one attached hydrogen (secondary N) is 1. The van der Waals surface area contributed by atoms with E-state index in [0.29, 0.717) is 28.8 Å². The Labute approximate surface area is 200 Å². The number of amides is 1. The van der Waals surface area contributed by atoms with Gasteiger partial charge in [0.15, 0.2) is 0 Å². The summed E-state index contributed by atoms with van der Waals surface area (Å²) in [5, 5.41) is 2.71. The van der Waals surface area contributed by atoms with Gasteiger partial charge in [-0.2, -0.15) is 0 Å². The van der Waals surface area contributed by atoms with Gasteiger partial charge in [-0.25, -0.2) is 18.1 Å². The number of aromatic nitrogens is 1. The normalized spacial score (nSPS) is 11.2. The fourth-order valence-electron chi connectivity index (χ4n) is 3.05. The molecule has 4 aromatic rings. The van der Waals surface area contributed by atoms with Crippen molar-refractivity contribution >= 4 is 38.9 Å². The lowest BCUT2D eigenvalue weighted by molar-refractivity contribution is 0.0977. The van der Waals surface area contributed by atoms with Crippen molar-refractivity contribution in [3.63, 3.8) is 0 Å². The minimum absolute atomic E-state index is 0.00735. The van der Waals surface area contributed by atoms with Gasteiger partial charge in [-0.1, -0.05) is 60.1 Å². The van der Waals surface area contributed by atoms with Crippen LogP contribution in [0.1, 0.15) is 26.6 Å². The SMILES string of the molecule is O=C(NS(=O)(=O)c1ccccc1)c1csc(Cc2cc(Cl)ccc2OCc2ccccc2)n1. The number of rotatable bonds is 8. The summed E-state index contributed by atoms with van der Waals surface area (Å²) in [6, 6.07) is 22.8. The average molecular weight is 499 g/mol. The highest BCUT2D eigenvalue weighted by molar-refractivity contribution is 7.90. The van der Waals surface area contributed by atoms with Crippen LogP contribution in [0.5, 0.6) is 5.75 Å². The molecule has 33 heavy (non-hydrogen) atoms. The summed E-state index contributed by atoms with van der Waals surface area (Å²) in [7, 11) is -3.98. The molecule has 0 radical (unpaired) electrons. The summed E-state index contributed by atoms with van der Waals surface area (Å²) in [5.74, 6) is -0.121. The highest BCUT2D eigenvalue weighted by Gasteiger charge is 2.20. The van der Waals surface area contributed by atoms with E-state index in [1.165, 1.54) is 28.8 Å². The zero-order valence-corrected chi connectivity index (χ0v) is 19.7. The first-order valence-electron chi connectivity index (χ1n) is 9.92. The van der Waals surface area contributed by atoms with Crippen molar-refractivity contribution in [3.05, 3.63) is 111 Å². The van der Waals surface area contributed by atoms with Crippen LogP contribution < -0.4 is 9.46 Å². The van der Waals surface area contributed by atoms with Crippen LogP contribution in [-0.4, -0.2) is 19.3 Å². The number of benzene rings is 3. The van der Waals surface area contributed by atoms with E-state index in [1.807, 2.05) is 30.3 Å². The second-order valence-electron chi connectivity index (χ2n) is 7.08.